The first kappa shape index (κ1) is 25.5. The van der Waals surface area contributed by atoms with Gasteiger partial charge in [0.05, 0.1) is 25.1 Å². The van der Waals surface area contributed by atoms with Gasteiger partial charge in [-0.2, -0.15) is 0 Å². The molecule has 9 heteroatoms. The van der Waals surface area contributed by atoms with Crippen LogP contribution in [0.1, 0.15) is 67.7 Å². The highest BCUT2D eigenvalue weighted by atomic mass is 16.5. The molecule has 1 atom stereocenters. The minimum absolute atomic E-state index is 0.0808. The van der Waals surface area contributed by atoms with E-state index in [4.69, 9.17) is 15.2 Å². The molecule has 2 aromatic rings. The minimum Gasteiger partial charge on any atom is -0.494 e. The molecule has 2 aliphatic rings. The van der Waals surface area contributed by atoms with E-state index in [0.29, 0.717) is 43.1 Å². The Labute approximate surface area is 212 Å². The van der Waals surface area contributed by atoms with Crippen LogP contribution in [0.4, 0.5) is 0 Å². The van der Waals surface area contributed by atoms with Gasteiger partial charge in [0.2, 0.25) is 5.91 Å². The van der Waals surface area contributed by atoms with Gasteiger partial charge in [-0.05, 0) is 44.0 Å². The number of carbonyl (C=O) groups excluding carboxylic acids is 2. The molecule has 2 aliphatic heterocycles. The van der Waals surface area contributed by atoms with Crippen molar-refractivity contribution in [3.05, 3.63) is 59.2 Å². The lowest BCUT2D eigenvalue weighted by Crippen LogP contribution is -2.50. The largest absolute Gasteiger partial charge is 0.494 e. The van der Waals surface area contributed by atoms with Gasteiger partial charge in [0.1, 0.15) is 24.3 Å². The molecule has 0 saturated heterocycles. The summed E-state index contributed by atoms with van der Waals surface area (Å²) >= 11 is 0. The zero-order chi connectivity index (χ0) is 25.7. The zero-order valence-electron chi connectivity index (χ0n) is 21.2. The number of fused-ring (bicyclic) bond motifs is 1. The molecule has 2 amide bonds. The van der Waals surface area contributed by atoms with Crippen LogP contribution >= 0.6 is 0 Å². The Morgan fingerprint density at radius 3 is 2.75 bits per heavy atom. The predicted octanol–water partition coefficient (Wildman–Crippen LogP) is 3.10. The zero-order valence-corrected chi connectivity index (χ0v) is 21.2. The second-order valence-electron chi connectivity index (χ2n) is 9.06. The van der Waals surface area contributed by atoms with Crippen molar-refractivity contribution in [3.8, 4) is 11.5 Å². The van der Waals surface area contributed by atoms with Crippen molar-refractivity contribution in [2.75, 3.05) is 19.8 Å². The van der Waals surface area contributed by atoms with Crippen molar-refractivity contribution in [2.45, 2.75) is 58.3 Å². The van der Waals surface area contributed by atoms with Gasteiger partial charge in [-0.3, -0.25) is 19.8 Å². The van der Waals surface area contributed by atoms with Gasteiger partial charge in [-0.1, -0.05) is 32.0 Å². The third-order valence-corrected chi connectivity index (χ3v) is 6.89. The fourth-order valence-corrected chi connectivity index (χ4v) is 4.65. The van der Waals surface area contributed by atoms with Gasteiger partial charge >= 0.3 is 0 Å². The molecule has 2 heterocycles. The highest BCUT2D eigenvalue weighted by molar-refractivity contribution is 5.99. The van der Waals surface area contributed by atoms with Gasteiger partial charge in [-0.15, -0.1) is 0 Å². The summed E-state index contributed by atoms with van der Waals surface area (Å²) in [6.45, 7) is 7.67. The van der Waals surface area contributed by atoms with E-state index in [-0.39, 0.29) is 24.3 Å². The summed E-state index contributed by atoms with van der Waals surface area (Å²) in [5.74, 6) is 1.21. The summed E-state index contributed by atoms with van der Waals surface area (Å²) < 4.78 is 11.6. The van der Waals surface area contributed by atoms with Crippen molar-refractivity contribution in [2.24, 2.45) is 10.7 Å². The van der Waals surface area contributed by atoms with Crippen molar-refractivity contribution in [1.82, 2.24) is 15.5 Å². The maximum atomic E-state index is 13.3. The summed E-state index contributed by atoms with van der Waals surface area (Å²) in [6.07, 6.45) is 1.40. The molecule has 192 valence electrons. The van der Waals surface area contributed by atoms with Crippen molar-refractivity contribution in [3.63, 3.8) is 0 Å². The van der Waals surface area contributed by atoms with Crippen LogP contribution in [0.3, 0.4) is 0 Å². The summed E-state index contributed by atoms with van der Waals surface area (Å²) in [5.41, 5.74) is 7.82. The fraction of sp³-hybridized carbons (Fsp3) is 0.444. The van der Waals surface area contributed by atoms with Crippen molar-refractivity contribution in [1.29, 1.82) is 0 Å². The molecule has 0 saturated carbocycles. The van der Waals surface area contributed by atoms with Gasteiger partial charge in [0, 0.05) is 23.2 Å². The molecule has 36 heavy (non-hydrogen) atoms. The Bertz CT molecular complexity index is 1140. The van der Waals surface area contributed by atoms with Crippen LogP contribution in [0.5, 0.6) is 11.5 Å². The summed E-state index contributed by atoms with van der Waals surface area (Å²) in [7, 11) is 0. The Kier molecular flexibility index (Phi) is 7.79. The van der Waals surface area contributed by atoms with Gasteiger partial charge in [-0.25, -0.2) is 4.99 Å². The maximum Gasteiger partial charge on any atom is 0.252 e. The number of guanidine groups is 1. The molecule has 2 aromatic carbocycles. The Morgan fingerprint density at radius 2 is 2.03 bits per heavy atom. The summed E-state index contributed by atoms with van der Waals surface area (Å²) in [6, 6.07) is 12.9. The minimum atomic E-state index is -0.451. The summed E-state index contributed by atoms with van der Waals surface area (Å²) in [5, 5.41) is 6.37. The van der Waals surface area contributed by atoms with Gasteiger partial charge < -0.3 is 20.5 Å². The number of nitrogens with zero attached hydrogens (tertiary/aromatic N) is 2. The average Bonchev–Trinajstić information content (AvgIpc) is 3.09. The molecule has 1 unspecified atom stereocenters. The molecule has 0 radical (unpaired) electrons. The molecule has 0 aromatic heterocycles. The average molecular weight is 494 g/mol. The third-order valence-electron chi connectivity index (χ3n) is 6.89. The SMILES string of the molecule is CCOc1ccc(C(=O)NC2NCCOc3ccccc32)cc1CN1C(=O)CC(CC)(CC)N=C1N. The van der Waals surface area contributed by atoms with E-state index in [2.05, 4.69) is 15.6 Å². The lowest BCUT2D eigenvalue weighted by molar-refractivity contribution is -0.130. The molecule has 0 bridgehead atoms. The highest BCUT2D eigenvalue weighted by Crippen LogP contribution is 2.31. The topological polar surface area (TPSA) is 118 Å². The van der Waals surface area contributed by atoms with E-state index in [1.807, 2.05) is 45.0 Å². The van der Waals surface area contributed by atoms with Crippen LogP contribution in [0.2, 0.25) is 0 Å². The smallest absolute Gasteiger partial charge is 0.252 e. The number of benzene rings is 2. The van der Waals surface area contributed by atoms with Crippen LogP contribution in [0.15, 0.2) is 47.5 Å². The first-order valence-corrected chi connectivity index (χ1v) is 12.6. The van der Waals surface area contributed by atoms with Crippen LogP contribution < -0.4 is 25.8 Å². The number of hydrogen-bond donors (Lipinski definition) is 3. The molecule has 0 spiro atoms. The number of para-hydroxylation sites is 1. The van der Waals surface area contributed by atoms with E-state index >= 15 is 0 Å². The standard InChI is InChI=1S/C27H35N5O4/c1-4-27(5-2)16-23(33)32(26(28)31-27)17-19-15-18(11-12-21(19)35-6-3)25(34)30-24-20-9-7-8-10-22(20)36-14-13-29-24/h7-12,15,24,29H,4-6,13-14,16-17H2,1-3H3,(H2,28,31)(H,30,34). The van der Waals surface area contributed by atoms with Gasteiger partial charge in [0.15, 0.2) is 5.96 Å². The van der Waals surface area contributed by atoms with E-state index in [0.717, 1.165) is 24.2 Å². The van der Waals surface area contributed by atoms with Crippen LogP contribution in [0, 0.1) is 0 Å². The molecular weight excluding hydrogens is 458 g/mol. The molecule has 9 nitrogen and oxygen atoms in total. The fourth-order valence-electron chi connectivity index (χ4n) is 4.65. The highest BCUT2D eigenvalue weighted by Gasteiger charge is 2.37. The first-order valence-electron chi connectivity index (χ1n) is 12.6. The number of amides is 2. The van der Waals surface area contributed by atoms with E-state index in [1.54, 1.807) is 18.2 Å². The molecule has 4 rings (SSSR count). The quantitative estimate of drug-likeness (QED) is 0.520. The number of nitrogens with one attached hydrogen (secondary N) is 2. The predicted molar refractivity (Wildman–Crippen MR) is 138 cm³/mol. The number of aliphatic imine (C=N–C) groups is 1. The van der Waals surface area contributed by atoms with Crippen LogP contribution in [0.25, 0.3) is 0 Å². The number of rotatable bonds is 8. The lowest BCUT2D eigenvalue weighted by Gasteiger charge is -2.36. The first-order chi connectivity index (χ1) is 17.4. The van der Waals surface area contributed by atoms with Crippen molar-refractivity contribution >= 4 is 17.8 Å². The number of carbonyl (C=O) groups is 2. The Hall–Kier alpha value is -3.59. The van der Waals surface area contributed by atoms with Crippen molar-refractivity contribution < 1.29 is 19.1 Å². The molecule has 0 fully saturated rings. The molecular formula is C27H35N5O4. The molecule has 0 aliphatic carbocycles. The van der Waals surface area contributed by atoms with E-state index in [9.17, 15) is 9.59 Å². The third kappa shape index (κ3) is 5.31. The van der Waals surface area contributed by atoms with Crippen LogP contribution in [-0.2, 0) is 11.3 Å². The Morgan fingerprint density at radius 1 is 1.25 bits per heavy atom. The van der Waals surface area contributed by atoms with E-state index in [1.165, 1.54) is 4.90 Å². The van der Waals surface area contributed by atoms with E-state index < -0.39 is 11.7 Å². The number of hydrogen-bond acceptors (Lipinski definition) is 7. The van der Waals surface area contributed by atoms with Gasteiger partial charge in [0.25, 0.3) is 5.91 Å². The number of nitrogens with two attached hydrogens (primary N) is 1. The maximum absolute atomic E-state index is 13.3. The Balaban J connectivity index is 1.58. The lowest BCUT2D eigenvalue weighted by atomic mass is 9.88. The second kappa shape index (κ2) is 11.0. The number of ether oxygens (including phenoxy) is 2. The van der Waals surface area contributed by atoms with Crippen LogP contribution in [-0.4, -0.2) is 48.0 Å². The normalized spacial score (nSPS) is 19.0. The summed E-state index contributed by atoms with van der Waals surface area (Å²) in [4.78, 5) is 32.5. The molecule has 4 N–H and O–H groups in total. The second-order valence-corrected chi connectivity index (χ2v) is 9.06. The monoisotopic (exact) mass is 493 g/mol.